The van der Waals surface area contributed by atoms with Gasteiger partial charge in [0.25, 0.3) is 0 Å². The first-order valence-electron chi connectivity index (χ1n) is 16.3. The normalized spacial score (nSPS) is 13.4. The predicted octanol–water partition coefficient (Wildman–Crippen LogP) is -0.814. The number of aliphatic imine (C=N–C) groups is 1. The van der Waals surface area contributed by atoms with Gasteiger partial charge >= 0.3 is 0 Å². The second-order valence-corrected chi connectivity index (χ2v) is 12.1. The number of aliphatic hydroxyl groups is 1. The summed E-state index contributed by atoms with van der Waals surface area (Å²) in [5.74, 6) is -0.821. The zero-order chi connectivity index (χ0) is 36.9. The monoisotopic (exact) mass is 703 g/mol. The third kappa shape index (κ3) is 15.0. The van der Waals surface area contributed by atoms with Gasteiger partial charge in [0, 0.05) is 13.0 Å². The molecule has 0 radical (unpaired) electrons. The second kappa shape index (κ2) is 22.2. The fraction of sp³-hybridized carbons (Fsp3) is 0.485. The molecule has 4 atom stereocenters. The van der Waals surface area contributed by atoms with Crippen LogP contribution in [0.4, 0.5) is 0 Å². The summed E-state index contributed by atoms with van der Waals surface area (Å²) < 4.78 is 18.4. The van der Waals surface area contributed by atoms with Crippen LogP contribution >= 0.6 is 11.8 Å². The van der Waals surface area contributed by atoms with Crippen LogP contribution in [0.1, 0.15) is 30.4 Å². The first-order valence-corrected chi connectivity index (χ1v) is 17.2. The third-order valence-electron chi connectivity index (χ3n) is 7.38. The smallest absolute Gasteiger partial charge is 0.243 e. The summed E-state index contributed by atoms with van der Waals surface area (Å²) >= 11 is 1.58. The number of benzene rings is 2. The van der Waals surface area contributed by atoms with E-state index in [-0.39, 0.29) is 38.4 Å². The van der Waals surface area contributed by atoms with E-state index in [1.807, 2.05) is 36.6 Å². The van der Waals surface area contributed by atoms with Crippen LogP contribution < -0.4 is 47.9 Å². The number of amides is 4. The minimum Gasteiger partial charge on any atom is -0.493 e. The Morgan fingerprint density at radius 2 is 1.63 bits per heavy atom. The Morgan fingerprint density at radius 1 is 0.898 bits per heavy atom. The zero-order valence-electron chi connectivity index (χ0n) is 29.2. The van der Waals surface area contributed by atoms with Gasteiger partial charge in [-0.1, -0.05) is 36.4 Å². The number of guanidine groups is 1. The van der Waals surface area contributed by atoms with E-state index in [0.29, 0.717) is 29.9 Å². The molecule has 0 unspecified atom stereocenters. The summed E-state index contributed by atoms with van der Waals surface area (Å²) in [6.07, 6.45) is 3.19. The lowest BCUT2D eigenvalue weighted by Crippen LogP contribution is -2.55. The van der Waals surface area contributed by atoms with Gasteiger partial charge in [-0.05, 0) is 61.0 Å². The molecule has 0 saturated carbocycles. The Bertz CT molecular complexity index is 1400. The minimum absolute atomic E-state index is 0.0969. The van der Waals surface area contributed by atoms with Crippen LogP contribution in [0.2, 0.25) is 1.41 Å². The first-order chi connectivity index (χ1) is 24.0. The highest BCUT2D eigenvalue weighted by molar-refractivity contribution is 7.98. The van der Waals surface area contributed by atoms with Gasteiger partial charge in [-0.2, -0.15) is 11.8 Å². The van der Waals surface area contributed by atoms with E-state index in [9.17, 15) is 24.3 Å². The highest BCUT2D eigenvalue weighted by atomic mass is 32.2. The number of methoxy groups -OCH3 is 2. The van der Waals surface area contributed by atoms with Crippen molar-refractivity contribution >= 4 is 41.4 Å². The number of nitrogens with zero attached hydrogens (tertiary/aromatic N) is 1. The van der Waals surface area contributed by atoms with Crippen molar-refractivity contribution in [2.24, 2.45) is 22.2 Å². The Morgan fingerprint density at radius 3 is 2.27 bits per heavy atom. The molecule has 2 aromatic rings. The van der Waals surface area contributed by atoms with Gasteiger partial charge < -0.3 is 53.0 Å². The first kappa shape index (κ1) is 38.9. The fourth-order valence-corrected chi connectivity index (χ4v) is 5.27. The number of aliphatic hydroxyl groups excluding tert-OH is 1. The van der Waals surface area contributed by atoms with Crippen molar-refractivity contribution in [3.8, 4) is 11.5 Å². The number of hydrogen-bond acceptors (Lipinski definition) is 10. The topological polar surface area (TPSA) is 246 Å². The van der Waals surface area contributed by atoms with Gasteiger partial charge in [0.15, 0.2) is 17.5 Å². The molecule has 0 heterocycles. The van der Waals surface area contributed by atoms with Crippen molar-refractivity contribution in [1.82, 2.24) is 21.3 Å². The van der Waals surface area contributed by atoms with E-state index in [2.05, 4.69) is 32.0 Å². The number of hydrogen-bond donors (Lipinski definition) is 8. The van der Waals surface area contributed by atoms with Crippen LogP contribution in [-0.4, -0.2) is 105 Å². The van der Waals surface area contributed by atoms with Crippen molar-refractivity contribution in [2.75, 3.05) is 45.9 Å². The summed E-state index contributed by atoms with van der Waals surface area (Å²) in [6.45, 7) is -0.550. The van der Waals surface area contributed by atoms with E-state index in [0.717, 1.165) is 11.3 Å². The molecule has 0 aliphatic rings. The van der Waals surface area contributed by atoms with Crippen molar-refractivity contribution in [1.29, 1.82) is 0 Å². The SMILES string of the molecule is [2H]N[C@@H](Cc1ccc(OC)c(OC)c1)C(=O)N[C@@H](CCCN=C(N)N)C(=O)NCC(=O)N[C@@H](Cc1ccccc1)C(=O)N[C@H](CO)CCSC. The molecule has 0 aliphatic heterocycles. The lowest BCUT2D eigenvalue weighted by atomic mass is 10.0. The molecule has 49 heavy (non-hydrogen) atoms. The van der Waals surface area contributed by atoms with Crippen LogP contribution in [0.5, 0.6) is 11.5 Å². The molecular formula is C33H50N8O7S. The molecule has 0 fully saturated rings. The largest absolute Gasteiger partial charge is 0.493 e. The number of carbonyl (C=O) groups is 4. The maximum absolute atomic E-state index is 13.3. The van der Waals surface area contributed by atoms with E-state index in [4.69, 9.17) is 22.4 Å². The van der Waals surface area contributed by atoms with Crippen molar-refractivity contribution in [3.63, 3.8) is 0 Å². The third-order valence-corrected chi connectivity index (χ3v) is 8.02. The van der Waals surface area contributed by atoms with Gasteiger partial charge in [-0.15, -0.1) is 0 Å². The number of rotatable bonds is 23. The van der Waals surface area contributed by atoms with Crippen LogP contribution in [-0.2, 0) is 32.0 Å². The Hall–Kier alpha value is -4.54. The molecule has 0 spiro atoms. The molecule has 15 nitrogen and oxygen atoms in total. The molecule has 270 valence electrons. The quantitative estimate of drug-likeness (QED) is 0.0404. The molecule has 2 aromatic carbocycles. The van der Waals surface area contributed by atoms with Gasteiger partial charge in [0.05, 0.1) is 39.5 Å². The standard InChI is InChI=1S/C33H50N8O7S/c1-47-27-12-11-22(18-28(27)48-2)16-24(34)30(44)41-25(10-7-14-37-33(35)36)31(45)38-19-29(43)40-26(17-21-8-5-4-6-9-21)32(46)39-23(20-42)13-15-49-3/h4-6,8-9,11-12,18,23-26,42H,7,10,13-17,19-20,34H2,1-3H3,(H,38,45)(H,39,46)(H,40,43)(H,41,44)(H4,35,36,37)/t23-,24-,25-,26-/m0/s1/i/hD. The van der Waals surface area contributed by atoms with E-state index in [1.54, 1.807) is 30.0 Å². The lowest BCUT2D eigenvalue weighted by Gasteiger charge is -2.23. The van der Waals surface area contributed by atoms with Crippen LogP contribution in [0.25, 0.3) is 0 Å². The summed E-state index contributed by atoms with van der Waals surface area (Å²) in [6, 6.07) is 10.6. The molecule has 0 aliphatic carbocycles. The number of nitrogens with one attached hydrogen (secondary N) is 4. The van der Waals surface area contributed by atoms with Gasteiger partial charge in [-0.3, -0.25) is 24.2 Å². The summed E-state index contributed by atoms with van der Waals surface area (Å²) in [5.41, 5.74) is 14.5. The summed E-state index contributed by atoms with van der Waals surface area (Å²) in [7, 11) is 2.99. The molecular weight excluding hydrogens is 652 g/mol. The molecule has 4 amide bonds. The van der Waals surface area contributed by atoms with Crippen molar-refractivity contribution in [3.05, 3.63) is 59.7 Å². The predicted molar refractivity (Wildman–Crippen MR) is 190 cm³/mol. The Balaban J connectivity index is 2.13. The van der Waals surface area contributed by atoms with Crippen LogP contribution in [0, 0.1) is 0 Å². The molecule has 16 heteroatoms. The number of ether oxygens (including phenoxy) is 2. The van der Waals surface area contributed by atoms with E-state index < -0.39 is 54.3 Å². The highest BCUT2D eigenvalue weighted by Crippen LogP contribution is 2.28. The van der Waals surface area contributed by atoms with Crippen molar-refractivity contribution in [2.45, 2.75) is 56.3 Å². The molecule has 0 aromatic heterocycles. The van der Waals surface area contributed by atoms with Gasteiger partial charge in [-0.25, -0.2) is 0 Å². The van der Waals surface area contributed by atoms with Crippen LogP contribution in [0.15, 0.2) is 53.5 Å². The summed E-state index contributed by atoms with van der Waals surface area (Å²) in [5, 5.41) is 20.4. The number of carbonyl (C=O) groups excluding carboxylic acids is 4. The molecule has 0 saturated heterocycles. The maximum Gasteiger partial charge on any atom is 0.243 e. The second-order valence-electron chi connectivity index (χ2n) is 11.2. The van der Waals surface area contributed by atoms with Crippen molar-refractivity contribution < 1.29 is 35.2 Å². The Kier molecular flexibility index (Phi) is 17.6. The zero-order valence-corrected chi connectivity index (χ0v) is 29.0. The lowest BCUT2D eigenvalue weighted by molar-refractivity contribution is -0.132. The number of nitrogens with two attached hydrogens (primary N) is 3. The van der Waals surface area contributed by atoms with Crippen LogP contribution in [0.3, 0.4) is 0 Å². The summed E-state index contributed by atoms with van der Waals surface area (Å²) in [4.78, 5) is 56.8. The van der Waals surface area contributed by atoms with Gasteiger partial charge in [0.1, 0.15) is 13.5 Å². The maximum atomic E-state index is 13.3. The molecule has 2 rings (SSSR count). The average molecular weight is 704 g/mol. The Labute approximate surface area is 293 Å². The highest BCUT2D eigenvalue weighted by Gasteiger charge is 2.27. The average Bonchev–Trinajstić information content (AvgIpc) is 3.12. The number of thioether (sulfide) groups is 1. The molecule has 11 N–H and O–H groups in total. The molecule has 0 bridgehead atoms. The van der Waals surface area contributed by atoms with E-state index in [1.165, 1.54) is 14.2 Å². The fourth-order valence-electron chi connectivity index (χ4n) is 4.75. The van der Waals surface area contributed by atoms with Gasteiger partial charge in [0.2, 0.25) is 23.6 Å². The minimum atomic E-state index is -1.10. The van der Waals surface area contributed by atoms with E-state index >= 15 is 0 Å².